The van der Waals surface area contributed by atoms with E-state index in [4.69, 9.17) is 9.15 Å². The fourth-order valence-corrected chi connectivity index (χ4v) is 2.14. The number of hydrogen-bond donors (Lipinski definition) is 1. The van der Waals surface area contributed by atoms with E-state index in [1.54, 1.807) is 12.1 Å². The number of ether oxygens (including phenoxy) is 1. The average Bonchev–Trinajstić information content (AvgIpc) is 3.06. The zero-order chi connectivity index (χ0) is 17.7. The average molecular weight is 349 g/mol. The number of hydrogen-bond acceptors (Lipinski definition) is 5. The van der Waals surface area contributed by atoms with Gasteiger partial charge in [-0.3, -0.25) is 0 Å². The van der Waals surface area contributed by atoms with Crippen molar-refractivity contribution in [3.63, 3.8) is 0 Å². The van der Waals surface area contributed by atoms with E-state index >= 15 is 0 Å². The molecule has 0 amide bonds. The smallest absolute Gasteiger partial charge is 0.418 e. The van der Waals surface area contributed by atoms with Gasteiger partial charge in [0.05, 0.1) is 12.1 Å². The van der Waals surface area contributed by atoms with Gasteiger partial charge in [0.15, 0.2) is 6.61 Å². The van der Waals surface area contributed by atoms with Crippen molar-refractivity contribution in [2.45, 2.75) is 19.3 Å². The Morgan fingerprint density at radius 3 is 2.36 bits per heavy atom. The van der Waals surface area contributed by atoms with Gasteiger partial charge in [0.2, 0.25) is 5.89 Å². The van der Waals surface area contributed by atoms with E-state index in [0.717, 1.165) is 6.07 Å². The maximum absolute atomic E-state index is 12.9. The van der Waals surface area contributed by atoms with Crippen molar-refractivity contribution in [3.05, 3.63) is 71.9 Å². The molecule has 0 radical (unpaired) electrons. The molecule has 0 saturated heterocycles. The summed E-state index contributed by atoms with van der Waals surface area (Å²) < 4.78 is 49.6. The molecule has 25 heavy (non-hydrogen) atoms. The van der Waals surface area contributed by atoms with Crippen LogP contribution in [0.1, 0.15) is 17.3 Å². The van der Waals surface area contributed by atoms with E-state index in [-0.39, 0.29) is 30.6 Å². The summed E-state index contributed by atoms with van der Waals surface area (Å²) in [4.78, 5) is 0. The SMILES string of the molecule is FC(F)(F)c1ccccc1NCc1nnc(COc2ccccc2)o1. The fourth-order valence-electron chi connectivity index (χ4n) is 2.14. The first kappa shape index (κ1) is 16.8. The third-order valence-corrected chi connectivity index (χ3v) is 3.28. The highest BCUT2D eigenvalue weighted by atomic mass is 19.4. The summed E-state index contributed by atoms with van der Waals surface area (Å²) in [6.07, 6.45) is -4.44. The van der Waals surface area contributed by atoms with E-state index in [1.807, 2.05) is 18.2 Å². The molecule has 1 heterocycles. The summed E-state index contributed by atoms with van der Waals surface area (Å²) in [6, 6.07) is 14.3. The van der Waals surface area contributed by atoms with Crippen LogP contribution in [0.4, 0.5) is 18.9 Å². The maximum Gasteiger partial charge on any atom is 0.418 e. The van der Waals surface area contributed by atoms with Crippen molar-refractivity contribution in [2.75, 3.05) is 5.32 Å². The second-order valence-corrected chi connectivity index (χ2v) is 5.09. The molecule has 0 unspecified atom stereocenters. The van der Waals surface area contributed by atoms with Gasteiger partial charge in [-0.1, -0.05) is 30.3 Å². The minimum atomic E-state index is -4.44. The number of benzene rings is 2. The Kier molecular flexibility index (Phi) is 4.87. The van der Waals surface area contributed by atoms with Gasteiger partial charge in [0, 0.05) is 5.69 Å². The van der Waals surface area contributed by atoms with Crippen molar-refractivity contribution in [1.29, 1.82) is 0 Å². The highest BCUT2D eigenvalue weighted by Gasteiger charge is 2.33. The van der Waals surface area contributed by atoms with Crippen LogP contribution in [0.2, 0.25) is 0 Å². The van der Waals surface area contributed by atoms with Gasteiger partial charge in [0.25, 0.3) is 5.89 Å². The van der Waals surface area contributed by atoms with Crippen molar-refractivity contribution in [3.8, 4) is 5.75 Å². The lowest BCUT2D eigenvalue weighted by molar-refractivity contribution is -0.137. The standard InChI is InChI=1S/C17H14F3N3O2/c18-17(19,20)13-8-4-5-9-14(13)21-10-15-22-23-16(25-15)11-24-12-6-2-1-3-7-12/h1-9,21H,10-11H2. The summed E-state index contributed by atoms with van der Waals surface area (Å²) in [5.41, 5.74) is -0.794. The van der Waals surface area contributed by atoms with Crippen LogP contribution in [0.5, 0.6) is 5.75 Å². The number of aromatic nitrogens is 2. The molecule has 0 atom stereocenters. The summed E-state index contributed by atoms with van der Waals surface area (Å²) >= 11 is 0. The fraction of sp³-hybridized carbons (Fsp3) is 0.176. The Balaban J connectivity index is 1.59. The predicted octanol–water partition coefficient (Wildman–Crippen LogP) is 4.28. The monoisotopic (exact) mass is 349 g/mol. The maximum atomic E-state index is 12.9. The first-order valence-corrected chi connectivity index (χ1v) is 7.41. The van der Waals surface area contributed by atoms with Crippen LogP contribution in [-0.4, -0.2) is 10.2 Å². The summed E-state index contributed by atoms with van der Waals surface area (Å²) in [5, 5.41) is 10.3. The van der Waals surface area contributed by atoms with E-state index in [2.05, 4.69) is 15.5 Å². The van der Waals surface area contributed by atoms with Crippen molar-refractivity contribution in [1.82, 2.24) is 10.2 Å². The summed E-state index contributed by atoms with van der Waals surface area (Å²) in [6.45, 7) is 0.0571. The predicted molar refractivity (Wildman–Crippen MR) is 83.8 cm³/mol. The molecule has 0 fully saturated rings. The lowest BCUT2D eigenvalue weighted by Crippen LogP contribution is -2.10. The van der Waals surface area contributed by atoms with Crippen LogP contribution in [0, 0.1) is 0 Å². The van der Waals surface area contributed by atoms with Crippen LogP contribution in [-0.2, 0) is 19.3 Å². The number of nitrogens with one attached hydrogen (secondary N) is 1. The largest absolute Gasteiger partial charge is 0.484 e. The Morgan fingerprint density at radius 1 is 0.920 bits per heavy atom. The Morgan fingerprint density at radius 2 is 1.60 bits per heavy atom. The molecule has 0 aliphatic carbocycles. The molecule has 0 spiro atoms. The van der Waals surface area contributed by atoms with Crippen molar-refractivity contribution in [2.24, 2.45) is 0 Å². The van der Waals surface area contributed by atoms with Gasteiger partial charge in [-0.15, -0.1) is 10.2 Å². The highest BCUT2D eigenvalue weighted by Crippen LogP contribution is 2.34. The molecule has 1 aromatic heterocycles. The molecule has 5 nitrogen and oxygen atoms in total. The molecule has 0 aliphatic rings. The molecule has 130 valence electrons. The van der Waals surface area contributed by atoms with Crippen molar-refractivity contribution < 1.29 is 22.3 Å². The molecule has 8 heteroatoms. The molecular formula is C17H14F3N3O2. The third-order valence-electron chi connectivity index (χ3n) is 3.28. The number of anilines is 1. The molecular weight excluding hydrogens is 335 g/mol. The molecule has 0 aliphatic heterocycles. The van der Waals surface area contributed by atoms with E-state index in [9.17, 15) is 13.2 Å². The number of rotatable bonds is 6. The number of halogens is 3. The van der Waals surface area contributed by atoms with Crippen LogP contribution in [0.25, 0.3) is 0 Å². The second kappa shape index (κ2) is 7.25. The van der Waals surface area contributed by atoms with E-state index < -0.39 is 11.7 Å². The highest BCUT2D eigenvalue weighted by molar-refractivity contribution is 5.52. The van der Waals surface area contributed by atoms with Gasteiger partial charge in [0.1, 0.15) is 5.75 Å². The number of nitrogens with zero attached hydrogens (tertiary/aromatic N) is 2. The van der Waals surface area contributed by atoms with Gasteiger partial charge >= 0.3 is 6.18 Å². The Bertz CT molecular complexity index is 819. The van der Waals surface area contributed by atoms with Gasteiger partial charge < -0.3 is 14.5 Å². The third kappa shape index (κ3) is 4.50. The van der Waals surface area contributed by atoms with Gasteiger partial charge in [-0.2, -0.15) is 13.2 Å². The molecule has 3 rings (SSSR count). The molecule has 2 aromatic carbocycles. The number of para-hydroxylation sites is 2. The molecule has 0 bridgehead atoms. The van der Waals surface area contributed by atoms with Crippen LogP contribution in [0.3, 0.4) is 0 Å². The first-order valence-electron chi connectivity index (χ1n) is 7.41. The quantitative estimate of drug-likeness (QED) is 0.720. The van der Waals surface area contributed by atoms with Crippen LogP contribution < -0.4 is 10.1 Å². The van der Waals surface area contributed by atoms with Crippen LogP contribution in [0.15, 0.2) is 59.0 Å². The summed E-state index contributed by atoms with van der Waals surface area (Å²) in [7, 11) is 0. The van der Waals surface area contributed by atoms with E-state index in [1.165, 1.54) is 18.2 Å². The van der Waals surface area contributed by atoms with Crippen LogP contribution >= 0.6 is 0 Å². The molecule has 0 saturated carbocycles. The summed E-state index contributed by atoms with van der Waals surface area (Å²) in [5.74, 6) is 1.06. The first-order chi connectivity index (χ1) is 12.0. The van der Waals surface area contributed by atoms with Crippen molar-refractivity contribution >= 4 is 5.69 Å². The Labute approximate surface area is 141 Å². The topological polar surface area (TPSA) is 60.2 Å². The second-order valence-electron chi connectivity index (χ2n) is 5.09. The molecule has 3 aromatic rings. The minimum Gasteiger partial charge on any atom is -0.484 e. The zero-order valence-electron chi connectivity index (χ0n) is 13.0. The molecule has 1 N–H and O–H groups in total. The normalized spacial score (nSPS) is 11.3. The van der Waals surface area contributed by atoms with Gasteiger partial charge in [-0.25, -0.2) is 0 Å². The van der Waals surface area contributed by atoms with Gasteiger partial charge in [-0.05, 0) is 24.3 Å². The Hall–Kier alpha value is -3.03. The lowest BCUT2D eigenvalue weighted by atomic mass is 10.1. The number of alkyl halides is 3. The lowest BCUT2D eigenvalue weighted by Gasteiger charge is -2.13. The minimum absolute atomic E-state index is 0.0224. The zero-order valence-corrected chi connectivity index (χ0v) is 13.0. The van der Waals surface area contributed by atoms with E-state index in [0.29, 0.717) is 5.75 Å².